The highest BCUT2D eigenvalue weighted by atomic mass is 16.4. The number of carboxylic acid groups (broad SMARTS) is 1. The van der Waals surface area contributed by atoms with Crippen molar-refractivity contribution in [1.29, 1.82) is 0 Å². The highest BCUT2D eigenvalue weighted by Crippen LogP contribution is 2.13. The highest BCUT2D eigenvalue weighted by molar-refractivity contribution is 5.85. The van der Waals surface area contributed by atoms with Crippen LogP contribution in [0.25, 0.3) is 0 Å². The first kappa shape index (κ1) is 13.4. The Hall–Kier alpha value is -1.70. The van der Waals surface area contributed by atoms with Crippen LogP contribution < -0.4 is 5.32 Å². The van der Waals surface area contributed by atoms with Gasteiger partial charge in [-0.3, -0.25) is 0 Å². The molecular formula is C10H14N2O5. The first-order chi connectivity index (χ1) is 8.06. The number of pyridine rings is 1. The summed E-state index contributed by atoms with van der Waals surface area (Å²) in [6.45, 7) is -1.54. The standard InChI is InChI=1S/C10H14N2O5/c13-4-10(5-14,6-15)12-8-3-1-2-7(11-8)9(16)17/h1-3,13-15H,4-6H2,(H,11,12)(H,16,17). The third kappa shape index (κ3) is 3.13. The van der Waals surface area contributed by atoms with E-state index in [9.17, 15) is 4.79 Å². The van der Waals surface area contributed by atoms with Gasteiger partial charge in [0.05, 0.1) is 19.8 Å². The van der Waals surface area contributed by atoms with E-state index in [1.807, 2.05) is 0 Å². The minimum atomic E-state index is -1.33. The monoisotopic (exact) mass is 242 g/mol. The molecule has 7 nitrogen and oxygen atoms in total. The van der Waals surface area contributed by atoms with Crippen LogP contribution in [0.15, 0.2) is 18.2 Å². The summed E-state index contributed by atoms with van der Waals surface area (Å²) in [7, 11) is 0. The lowest BCUT2D eigenvalue weighted by molar-refractivity contribution is 0.0690. The summed E-state index contributed by atoms with van der Waals surface area (Å²) in [4.78, 5) is 14.4. The molecule has 1 heterocycles. The number of nitrogens with zero attached hydrogens (tertiary/aromatic N) is 1. The Kier molecular flexibility index (Phi) is 4.38. The molecule has 0 aromatic carbocycles. The highest BCUT2D eigenvalue weighted by Gasteiger charge is 2.28. The summed E-state index contributed by atoms with van der Waals surface area (Å²) in [5.41, 5.74) is -1.50. The number of aromatic nitrogens is 1. The number of aliphatic hydroxyl groups excluding tert-OH is 3. The van der Waals surface area contributed by atoms with Crippen molar-refractivity contribution in [2.45, 2.75) is 5.54 Å². The van der Waals surface area contributed by atoms with Gasteiger partial charge in [0.1, 0.15) is 11.4 Å². The zero-order chi connectivity index (χ0) is 12.9. The zero-order valence-corrected chi connectivity index (χ0v) is 9.00. The lowest BCUT2D eigenvalue weighted by Crippen LogP contribution is -2.49. The summed E-state index contributed by atoms with van der Waals surface area (Å²) in [6, 6.07) is 4.25. The number of hydrogen-bond acceptors (Lipinski definition) is 6. The van der Waals surface area contributed by atoms with Crippen molar-refractivity contribution >= 4 is 11.8 Å². The predicted octanol–water partition coefficient (Wildman–Crippen LogP) is -1.09. The summed E-state index contributed by atoms with van der Waals surface area (Å²) in [6.07, 6.45) is 0. The van der Waals surface area contributed by atoms with Crippen LogP contribution in [-0.4, -0.2) is 56.7 Å². The van der Waals surface area contributed by atoms with Crippen LogP contribution >= 0.6 is 0 Å². The summed E-state index contributed by atoms with van der Waals surface area (Å²) in [5, 5.41) is 38.6. The molecule has 0 atom stereocenters. The molecule has 1 aromatic heterocycles. The van der Waals surface area contributed by atoms with Crippen LogP contribution in [0.2, 0.25) is 0 Å². The van der Waals surface area contributed by atoms with Crippen molar-refractivity contribution in [1.82, 2.24) is 4.98 Å². The van der Waals surface area contributed by atoms with Crippen LogP contribution in [0.4, 0.5) is 5.82 Å². The van der Waals surface area contributed by atoms with Crippen LogP contribution in [0.3, 0.4) is 0 Å². The number of anilines is 1. The molecule has 0 aliphatic heterocycles. The maximum Gasteiger partial charge on any atom is 0.354 e. The smallest absolute Gasteiger partial charge is 0.354 e. The third-order valence-corrected chi connectivity index (χ3v) is 2.27. The van der Waals surface area contributed by atoms with Crippen molar-refractivity contribution in [3.05, 3.63) is 23.9 Å². The topological polar surface area (TPSA) is 123 Å². The molecule has 0 saturated carbocycles. The first-order valence-corrected chi connectivity index (χ1v) is 4.88. The van der Waals surface area contributed by atoms with Gasteiger partial charge in [-0.1, -0.05) is 6.07 Å². The van der Waals surface area contributed by atoms with Crippen LogP contribution in [-0.2, 0) is 0 Å². The van der Waals surface area contributed by atoms with Crippen molar-refractivity contribution in [3.63, 3.8) is 0 Å². The predicted molar refractivity (Wildman–Crippen MR) is 58.8 cm³/mol. The van der Waals surface area contributed by atoms with E-state index >= 15 is 0 Å². The maximum atomic E-state index is 10.7. The SMILES string of the molecule is O=C(O)c1cccc(NC(CO)(CO)CO)n1. The minimum Gasteiger partial charge on any atom is -0.477 e. The Morgan fingerprint density at radius 2 is 1.82 bits per heavy atom. The second kappa shape index (κ2) is 5.58. The molecular weight excluding hydrogens is 228 g/mol. The zero-order valence-electron chi connectivity index (χ0n) is 9.00. The average molecular weight is 242 g/mol. The number of carbonyl (C=O) groups is 1. The molecule has 0 saturated heterocycles. The Morgan fingerprint density at radius 3 is 2.29 bits per heavy atom. The summed E-state index contributed by atoms with van der Waals surface area (Å²) >= 11 is 0. The quantitative estimate of drug-likeness (QED) is 0.429. The average Bonchev–Trinajstić information content (AvgIpc) is 2.36. The van der Waals surface area contributed by atoms with Crippen molar-refractivity contribution in [2.75, 3.05) is 25.1 Å². The van der Waals surface area contributed by atoms with E-state index in [1.54, 1.807) is 0 Å². The number of rotatable bonds is 6. The van der Waals surface area contributed by atoms with Gasteiger partial charge >= 0.3 is 5.97 Å². The number of aliphatic hydroxyl groups is 3. The van der Waals surface area contributed by atoms with Gasteiger partial charge in [0.15, 0.2) is 5.69 Å². The molecule has 0 aliphatic carbocycles. The third-order valence-electron chi connectivity index (χ3n) is 2.27. The van der Waals surface area contributed by atoms with Gasteiger partial charge in [0, 0.05) is 0 Å². The fourth-order valence-corrected chi connectivity index (χ4v) is 1.16. The van der Waals surface area contributed by atoms with Gasteiger partial charge in [-0.05, 0) is 12.1 Å². The van der Waals surface area contributed by atoms with Gasteiger partial charge in [0.2, 0.25) is 0 Å². The molecule has 0 spiro atoms. The largest absolute Gasteiger partial charge is 0.477 e. The van der Waals surface area contributed by atoms with E-state index in [1.165, 1.54) is 18.2 Å². The van der Waals surface area contributed by atoms with Crippen molar-refractivity contribution in [2.24, 2.45) is 0 Å². The Morgan fingerprint density at radius 1 is 1.24 bits per heavy atom. The molecule has 0 bridgehead atoms. The van der Waals surface area contributed by atoms with E-state index in [0.29, 0.717) is 0 Å². The minimum absolute atomic E-state index is 0.155. The van der Waals surface area contributed by atoms with Crippen LogP contribution in [0.1, 0.15) is 10.5 Å². The molecule has 1 rings (SSSR count). The molecule has 1 aromatic rings. The molecule has 0 unspecified atom stereocenters. The molecule has 7 heteroatoms. The van der Waals surface area contributed by atoms with Gasteiger partial charge in [-0.2, -0.15) is 0 Å². The van der Waals surface area contributed by atoms with E-state index in [0.717, 1.165) is 0 Å². The Balaban J connectivity index is 2.93. The van der Waals surface area contributed by atoms with Crippen molar-refractivity contribution < 1.29 is 25.2 Å². The fraction of sp³-hybridized carbons (Fsp3) is 0.400. The van der Waals surface area contributed by atoms with Crippen LogP contribution in [0.5, 0.6) is 0 Å². The lowest BCUT2D eigenvalue weighted by atomic mass is 10.0. The number of carboxylic acids is 1. The maximum absolute atomic E-state index is 10.7. The summed E-state index contributed by atoms with van der Waals surface area (Å²) in [5.74, 6) is -1.03. The fourth-order valence-electron chi connectivity index (χ4n) is 1.16. The van der Waals surface area contributed by atoms with E-state index in [2.05, 4.69) is 10.3 Å². The molecule has 17 heavy (non-hydrogen) atoms. The second-order valence-corrected chi connectivity index (χ2v) is 3.59. The molecule has 94 valence electrons. The number of hydrogen-bond donors (Lipinski definition) is 5. The second-order valence-electron chi connectivity index (χ2n) is 3.59. The van der Waals surface area contributed by atoms with E-state index in [-0.39, 0.29) is 11.5 Å². The Labute approximate surface area is 97.4 Å². The first-order valence-electron chi connectivity index (χ1n) is 4.88. The van der Waals surface area contributed by atoms with Gasteiger partial charge < -0.3 is 25.7 Å². The van der Waals surface area contributed by atoms with Crippen LogP contribution in [0, 0.1) is 0 Å². The van der Waals surface area contributed by atoms with Gasteiger partial charge in [0.25, 0.3) is 0 Å². The molecule has 0 radical (unpaired) electrons. The van der Waals surface area contributed by atoms with E-state index < -0.39 is 31.3 Å². The van der Waals surface area contributed by atoms with Gasteiger partial charge in [-0.15, -0.1) is 0 Å². The number of aromatic carboxylic acids is 1. The molecule has 0 fully saturated rings. The normalized spacial score (nSPS) is 11.2. The number of nitrogens with one attached hydrogen (secondary N) is 1. The summed E-state index contributed by atoms with van der Waals surface area (Å²) < 4.78 is 0. The van der Waals surface area contributed by atoms with Gasteiger partial charge in [-0.25, -0.2) is 9.78 Å². The van der Waals surface area contributed by atoms with Crippen molar-refractivity contribution in [3.8, 4) is 0 Å². The molecule has 0 amide bonds. The van der Waals surface area contributed by atoms with E-state index in [4.69, 9.17) is 20.4 Å². The lowest BCUT2D eigenvalue weighted by Gasteiger charge is -2.29. The molecule has 5 N–H and O–H groups in total. The Bertz CT molecular complexity index is 384. The molecule has 0 aliphatic rings.